The maximum Gasteiger partial charge on any atom is 0.374 e. The number of carbonyl (C=O) groups is 1. The van der Waals surface area contributed by atoms with Crippen LogP contribution in [0.25, 0.3) is 22.0 Å². The van der Waals surface area contributed by atoms with Gasteiger partial charge in [0.2, 0.25) is 11.6 Å². The monoisotopic (exact) mass is 370 g/mol. The van der Waals surface area contributed by atoms with Gasteiger partial charge in [0.1, 0.15) is 11.6 Å². The molecule has 0 aliphatic rings. The van der Waals surface area contributed by atoms with Crippen LogP contribution in [0.3, 0.4) is 0 Å². The van der Waals surface area contributed by atoms with Crippen LogP contribution in [0.1, 0.15) is 16.4 Å². The maximum atomic E-state index is 13.0. The predicted molar refractivity (Wildman–Crippen MR) is 90.8 cm³/mol. The Kier molecular flexibility index (Phi) is 4.32. The van der Waals surface area contributed by atoms with Gasteiger partial charge in [-0.3, -0.25) is 0 Å². The van der Waals surface area contributed by atoms with Gasteiger partial charge in [0.15, 0.2) is 6.61 Å². The Morgan fingerprint density at radius 3 is 2.77 bits per heavy atom. The van der Waals surface area contributed by atoms with Crippen LogP contribution in [0, 0.1) is 5.82 Å². The zero-order chi connectivity index (χ0) is 17.9. The van der Waals surface area contributed by atoms with E-state index in [1.165, 1.54) is 29.5 Å². The van der Waals surface area contributed by atoms with E-state index in [0.717, 1.165) is 4.88 Å². The van der Waals surface area contributed by atoms with Crippen LogP contribution in [-0.4, -0.2) is 16.1 Å². The van der Waals surface area contributed by atoms with Crippen molar-refractivity contribution in [1.82, 2.24) is 10.1 Å². The smallest absolute Gasteiger partial charge is 0.374 e. The van der Waals surface area contributed by atoms with Gasteiger partial charge < -0.3 is 13.7 Å². The van der Waals surface area contributed by atoms with Crippen molar-refractivity contribution in [3.05, 3.63) is 71.4 Å². The van der Waals surface area contributed by atoms with E-state index in [9.17, 15) is 9.18 Å². The summed E-state index contributed by atoms with van der Waals surface area (Å²) in [7, 11) is 0. The Hall–Kier alpha value is -3.26. The van der Waals surface area contributed by atoms with Crippen LogP contribution in [0.2, 0.25) is 0 Å². The molecular formula is C18H11FN2O4S. The molecule has 3 heterocycles. The first kappa shape index (κ1) is 16.2. The summed E-state index contributed by atoms with van der Waals surface area (Å²) in [5.74, 6) is 0.0994. The molecule has 6 nitrogen and oxygen atoms in total. The van der Waals surface area contributed by atoms with Crippen LogP contribution >= 0.6 is 11.3 Å². The van der Waals surface area contributed by atoms with Crippen molar-refractivity contribution in [3.63, 3.8) is 0 Å². The average Bonchev–Trinajstić information content (AvgIpc) is 3.41. The highest BCUT2D eigenvalue weighted by atomic mass is 32.1. The third-order valence-electron chi connectivity index (χ3n) is 3.47. The van der Waals surface area contributed by atoms with Crippen molar-refractivity contribution in [3.8, 4) is 22.0 Å². The molecule has 4 rings (SSSR count). The van der Waals surface area contributed by atoms with E-state index in [1.54, 1.807) is 18.2 Å². The van der Waals surface area contributed by atoms with E-state index in [-0.39, 0.29) is 24.1 Å². The van der Waals surface area contributed by atoms with Crippen molar-refractivity contribution < 1.29 is 22.9 Å². The second-order valence-electron chi connectivity index (χ2n) is 5.24. The fourth-order valence-electron chi connectivity index (χ4n) is 2.23. The molecule has 0 aliphatic heterocycles. The quantitative estimate of drug-likeness (QED) is 0.480. The Morgan fingerprint density at radius 2 is 2.00 bits per heavy atom. The van der Waals surface area contributed by atoms with Crippen LogP contribution in [0.5, 0.6) is 0 Å². The Bertz CT molecular complexity index is 1020. The molecule has 3 aromatic heterocycles. The number of aromatic nitrogens is 2. The molecule has 0 fully saturated rings. The number of furan rings is 1. The molecule has 4 aromatic rings. The minimum atomic E-state index is -0.658. The van der Waals surface area contributed by atoms with E-state index in [4.69, 9.17) is 13.7 Å². The van der Waals surface area contributed by atoms with E-state index in [1.807, 2.05) is 17.5 Å². The van der Waals surface area contributed by atoms with Crippen molar-refractivity contribution in [1.29, 1.82) is 0 Å². The molecule has 0 saturated heterocycles. The molecule has 26 heavy (non-hydrogen) atoms. The molecule has 0 aliphatic carbocycles. The third-order valence-corrected chi connectivity index (χ3v) is 4.34. The number of hydrogen-bond acceptors (Lipinski definition) is 7. The molecule has 0 saturated carbocycles. The van der Waals surface area contributed by atoms with Gasteiger partial charge in [0, 0.05) is 5.56 Å². The number of carbonyl (C=O) groups excluding carboxylic acids is 1. The Balaban J connectivity index is 1.40. The molecular weight excluding hydrogens is 359 g/mol. The summed E-state index contributed by atoms with van der Waals surface area (Å²) in [5.41, 5.74) is 0.656. The first-order chi connectivity index (χ1) is 12.7. The summed E-state index contributed by atoms with van der Waals surface area (Å²) in [6.45, 7) is -0.163. The lowest BCUT2D eigenvalue weighted by Gasteiger charge is -1.99. The fraction of sp³-hybridized carbons (Fsp3) is 0.0556. The largest absolute Gasteiger partial charge is 0.450 e. The van der Waals surface area contributed by atoms with Gasteiger partial charge in [0.25, 0.3) is 5.89 Å². The molecule has 0 radical (unpaired) electrons. The van der Waals surface area contributed by atoms with Crippen molar-refractivity contribution >= 4 is 17.3 Å². The van der Waals surface area contributed by atoms with Crippen LogP contribution in [0.4, 0.5) is 4.39 Å². The Labute approximate surface area is 150 Å². The molecule has 1 aromatic carbocycles. The first-order valence-corrected chi connectivity index (χ1v) is 8.46. The summed E-state index contributed by atoms with van der Waals surface area (Å²) < 4.78 is 28.6. The Morgan fingerprint density at radius 1 is 1.15 bits per heavy atom. The molecule has 130 valence electrons. The summed E-state index contributed by atoms with van der Waals surface area (Å²) in [4.78, 5) is 17.1. The molecule has 0 bridgehead atoms. The number of halogens is 1. The number of ether oxygens (including phenoxy) is 1. The highest BCUT2D eigenvalue weighted by molar-refractivity contribution is 7.13. The topological polar surface area (TPSA) is 78.4 Å². The lowest BCUT2D eigenvalue weighted by Crippen LogP contribution is -2.04. The average molecular weight is 370 g/mol. The first-order valence-electron chi connectivity index (χ1n) is 7.58. The van der Waals surface area contributed by atoms with Gasteiger partial charge in [-0.15, -0.1) is 11.3 Å². The van der Waals surface area contributed by atoms with Crippen molar-refractivity contribution in [2.75, 3.05) is 0 Å². The number of thiophene rings is 1. The second-order valence-corrected chi connectivity index (χ2v) is 6.18. The normalized spacial score (nSPS) is 10.8. The van der Waals surface area contributed by atoms with Gasteiger partial charge >= 0.3 is 5.97 Å². The molecule has 0 atom stereocenters. The van der Waals surface area contributed by atoms with Crippen LogP contribution < -0.4 is 0 Å². The van der Waals surface area contributed by atoms with Gasteiger partial charge in [-0.2, -0.15) is 4.98 Å². The molecule has 8 heteroatoms. The standard InChI is InChI=1S/C18H11FN2O4S/c19-12-5-3-11(4-6-12)13-7-8-14(24-13)18(22)23-10-16-20-17(21-25-16)15-2-1-9-26-15/h1-9H,10H2. The lowest BCUT2D eigenvalue weighted by atomic mass is 10.2. The zero-order valence-corrected chi connectivity index (χ0v) is 14.0. The minimum Gasteiger partial charge on any atom is -0.450 e. The molecule has 0 spiro atoms. The SMILES string of the molecule is O=C(OCc1nc(-c2cccs2)no1)c1ccc(-c2ccc(F)cc2)o1. The summed E-state index contributed by atoms with van der Waals surface area (Å²) in [5, 5.41) is 5.74. The fourth-order valence-corrected chi connectivity index (χ4v) is 2.88. The summed E-state index contributed by atoms with van der Waals surface area (Å²) >= 11 is 1.48. The van der Waals surface area contributed by atoms with Crippen LogP contribution in [-0.2, 0) is 11.3 Å². The van der Waals surface area contributed by atoms with E-state index in [0.29, 0.717) is 17.1 Å². The number of rotatable bonds is 5. The van der Waals surface area contributed by atoms with E-state index in [2.05, 4.69) is 10.1 Å². The highest BCUT2D eigenvalue weighted by Crippen LogP contribution is 2.24. The van der Waals surface area contributed by atoms with Crippen molar-refractivity contribution in [2.45, 2.75) is 6.61 Å². The summed E-state index contributed by atoms with van der Waals surface area (Å²) in [6.07, 6.45) is 0. The number of hydrogen-bond donors (Lipinski definition) is 0. The summed E-state index contributed by atoms with van der Waals surface area (Å²) in [6, 6.07) is 12.6. The number of benzene rings is 1. The highest BCUT2D eigenvalue weighted by Gasteiger charge is 2.16. The van der Waals surface area contributed by atoms with E-state index >= 15 is 0 Å². The van der Waals surface area contributed by atoms with Crippen LogP contribution in [0.15, 0.2) is 62.9 Å². The number of nitrogens with zero attached hydrogens (tertiary/aromatic N) is 2. The molecule has 0 amide bonds. The van der Waals surface area contributed by atoms with Gasteiger partial charge in [-0.05, 0) is 47.8 Å². The predicted octanol–water partition coefficient (Wildman–Crippen LogP) is 4.55. The molecule has 0 unspecified atom stereocenters. The van der Waals surface area contributed by atoms with Crippen molar-refractivity contribution in [2.24, 2.45) is 0 Å². The van der Waals surface area contributed by atoms with Gasteiger partial charge in [-0.1, -0.05) is 11.2 Å². The number of esters is 1. The van der Waals surface area contributed by atoms with Gasteiger partial charge in [0.05, 0.1) is 4.88 Å². The minimum absolute atomic E-state index is 0.0299. The zero-order valence-electron chi connectivity index (χ0n) is 13.2. The third kappa shape index (κ3) is 3.40. The van der Waals surface area contributed by atoms with E-state index < -0.39 is 5.97 Å². The maximum absolute atomic E-state index is 13.0. The second kappa shape index (κ2) is 6.93. The lowest BCUT2D eigenvalue weighted by molar-refractivity contribution is 0.0394. The van der Waals surface area contributed by atoms with Gasteiger partial charge in [-0.25, -0.2) is 9.18 Å². The molecule has 0 N–H and O–H groups in total.